The van der Waals surface area contributed by atoms with Crippen molar-refractivity contribution in [2.45, 2.75) is 30.9 Å². The fourth-order valence-corrected chi connectivity index (χ4v) is 2.51. The molecule has 0 saturated heterocycles. The fraction of sp³-hybridized carbons (Fsp3) is 0.333. The van der Waals surface area contributed by atoms with Crippen LogP contribution in [0.4, 0.5) is 40.8 Å². The van der Waals surface area contributed by atoms with E-state index < -0.39 is 43.0 Å². The first-order valence-corrected chi connectivity index (χ1v) is 8.04. The summed E-state index contributed by atoms with van der Waals surface area (Å²) >= 11 is 0. The van der Waals surface area contributed by atoms with Gasteiger partial charge in [-0.3, -0.25) is 0 Å². The summed E-state index contributed by atoms with van der Waals surface area (Å²) in [5.74, 6) is -5.46. The molecular weight excluding hydrogens is 414 g/mol. The molecule has 11 heteroatoms. The summed E-state index contributed by atoms with van der Waals surface area (Å²) in [6, 6.07) is 8.05. The van der Waals surface area contributed by atoms with Gasteiger partial charge < -0.3 is 15.1 Å². The lowest BCUT2D eigenvalue weighted by molar-refractivity contribution is -0.289. The van der Waals surface area contributed by atoms with Crippen molar-refractivity contribution in [3.05, 3.63) is 59.7 Å². The molecule has 2 aromatic carbocycles. The molecule has 0 spiro atoms. The molecule has 0 fully saturated rings. The van der Waals surface area contributed by atoms with E-state index >= 15 is 0 Å². The number of halogens is 8. The van der Waals surface area contributed by atoms with Gasteiger partial charge in [-0.1, -0.05) is 24.3 Å². The van der Waals surface area contributed by atoms with Crippen LogP contribution in [-0.2, 0) is 12.5 Å². The Balaban J connectivity index is 2.38. The maximum absolute atomic E-state index is 13.6. The zero-order chi connectivity index (χ0) is 22.0. The van der Waals surface area contributed by atoms with Crippen molar-refractivity contribution in [2.75, 3.05) is 11.4 Å². The second-order valence-electron chi connectivity index (χ2n) is 6.23. The molecule has 0 aromatic heterocycles. The number of hydrogen-bond donors (Lipinski definition) is 2. The Kier molecular flexibility index (Phi) is 6.31. The molecule has 0 aliphatic carbocycles. The van der Waals surface area contributed by atoms with Crippen LogP contribution in [0.25, 0.3) is 0 Å². The third-order valence-corrected chi connectivity index (χ3v) is 3.99. The summed E-state index contributed by atoms with van der Waals surface area (Å²) in [6.45, 7) is -1.56. The van der Waals surface area contributed by atoms with Gasteiger partial charge in [-0.2, -0.15) is 35.1 Å². The maximum Gasteiger partial charge on any atom is 0.458 e. The number of aliphatic hydroxyl groups excluding tert-OH is 1. The van der Waals surface area contributed by atoms with Crippen LogP contribution in [0.2, 0.25) is 0 Å². The van der Waals surface area contributed by atoms with Crippen molar-refractivity contribution in [2.24, 2.45) is 0 Å². The molecule has 29 heavy (non-hydrogen) atoms. The summed E-state index contributed by atoms with van der Waals surface area (Å²) in [4.78, 5) is 0.905. The first-order chi connectivity index (χ1) is 13.2. The number of hydrogen-bond acceptors (Lipinski definition) is 3. The average Bonchev–Trinajstić information content (AvgIpc) is 2.59. The van der Waals surface area contributed by atoms with Crippen LogP contribution in [0.15, 0.2) is 48.5 Å². The highest BCUT2D eigenvalue weighted by atomic mass is 19.4. The Morgan fingerprint density at radius 2 is 1.48 bits per heavy atom. The number of phenols is 1. The Bertz CT molecular complexity index is 835. The molecule has 0 aliphatic heterocycles. The monoisotopic (exact) mass is 429 g/mol. The van der Waals surface area contributed by atoms with Gasteiger partial charge in [-0.15, -0.1) is 0 Å². The molecular formula is C18H15F8NO2. The minimum Gasteiger partial charge on any atom is -0.508 e. The highest BCUT2D eigenvalue weighted by molar-refractivity contribution is 5.51. The van der Waals surface area contributed by atoms with Crippen molar-refractivity contribution < 1.29 is 45.3 Å². The van der Waals surface area contributed by atoms with E-state index in [0.717, 1.165) is 23.1 Å². The van der Waals surface area contributed by atoms with Gasteiger partial charge in [0.05, 0.1) is 6.54 Å². The van der Waals surface area contributed by atoms with Crippen LogP contribution < -0.4 is 4.90 Å². The molecule has 0 radical (unpaired) electrons. The third-order valence-electron chi connectivity index (χ3n) is 3.99. The lowest BCUT2D eigenvalue weighted by Crippen LogP contribution is -2.41. The summed E-state index contributed by atoms with van der Waals surface area (Å²) < 4.78 is 103. The number of rotatable bonds is 6. The van der Waals surface area contributed by atoms with Crippen LogP contribution in [0.5, 0.6) is 5.75 Å². The average molecular weight is 429 g/mol. The standard InChI is InChI=1S/C18H15F8NO2/c19-16(20,18(24,25)26)12-4-1-3-11(7-12)9-27(10-15(29)17(21,22)23)13-5-2-6-14(28)8-13/h1-8,15,28-29H,9-10H2/t15-/m1/s1. The molecule has 1 atom stereocenters. The Hall–Kier alpha value is -2.56. The molecule has 2 aromatic rings. The molecule has 0 heterocycles. The highest BCUT2D eigenvalue weighted by Crippen LogP contribution is 2.44. The van der Waals surface area contributed by atoms with Gasteiger partial charge in [-0.05, 0) is 23.8 Å². The number of alkyl halides is 8. The summed E-state index contributed by atoms with van der Waals surface area (Å²) in [7, 11) is 0. The van der Waals surface area contributed by atoms with E-state index in [1.165, 1.54) is 18.2 Å². The summed E-state index contributed by atoms with van der Waals surface area (Å²) in [5.41, 5.74) is -1.51. The zero-order valence-corrected chi connectivity index (χ0v) is 14.5. The van der Waals surface area contributed by atoms with E-state index in [2.05, 4.69) is 0 Å². The molecule has 160 valence electrons. The van der Waals surface area contributed by atoms with Gasteiger partial charge >= 0.3 is 18.3 Å². The number of aliphatic hydroxyl groups is 1. The molecule has 0 unspecified atom stereocenters. The van der Waals surface area contributed by atoms with Gasteiger partial charge in [-0.25, -0.2) is 0 Å². The van der Waals surface area contributed by atoms with E-state index in [4.69, 9.17) is 0 Å². The Morgan fingerprint density at radius 1 is 0.862 bits per heavy atom. The topological polar surface area (TPSA) is 43.7 Å². The zero-order valence-electron chi connectivity index (χ0n) is 14.5. The van der Waals surface area contributed by atoms with Crippen LogP contribution in [0, 0.1) is 0 Å². The van der Waals surface area contributed by atoms with Crippen molar-refractivity contribution in [1.29, 1.82) is 0 Å². The minimum atomic E-state index is -5.84. The molecule has 0 bridgehead atoms. The molecule has 0 amide bonds. The van der Waals surface area contributed by atoms with E-state index in [0.29, 0.717) is 12.1 Å². The molecule has 3 nitrogen and oxygen atoms in total. The van der Waals surface area contributed by atoms with Crippen molar-refractivity contribution in [3.63, 3.8) is 0 Å². The minimum absolute atomic E-state index is 0.00119. The number of aromatic hydroxyl groups is 1. The number of phenolic OH excluding ortho intramolecular Hbond substituents is 1. The fourth-order valence-electron chi connectivity index (χ4n) is 2.51. The highest BCUT2D eigenvalue weighted by Gasteiger charge is 2.58. The molecule has 2 N–H and O–H groups in total. The van der Waals surface area contributed by atoms with Crippen LogP contribution in [-0.4, -0.2) is 35.2 Å². The van der Waals surface area contributed by atoms with Gasteiger partial charge in [0.15, 0.2) is 6.10 Å². The van der Waals surface area contributed by atoms with E-state index in [-0.39, 0.29) is 17.0 Å². The van der Waals surface area contributed by atoms with Crippen LogP contribution >= 0.6 is 0 Å². The van der Waals surface area contributed by atoms with Gasteiger partial charge in [0.25, 0.3) is 0 Å². The lowest BCUT2D eigenvalue weighted by Gasteiger charge is -2.29. The van der Waals surface area contributed by atoms with Gasteiger partial charge in [0.1, 0.15) is 5.75 Å². The number of benzene rings is 2. The van der Waals surface area contributed by atoms with E-state index in [9.17, 15) is 45.3 Å². The van der Waals surface area contributed by atoms with Crippen LogP contribution in [0.3, 0.4) is 0 Å². The SMILES string of the molecule is Oc1cccc(N(Cc2cccc(C(F)(F)C(F)(F)F)c2)C[C@@H](O)C(F)(F)F)c1. The second kappa shape index (κ2) is 8.05. The van der Waals surface area contributed by atoms with Crippen molar-refractivity contribution >= 4 is 5.69 Å². The second-order valence-corrected chi connectivity index (χ2v) is 6.23. The van der Waals surface area contributed by atoms with Crippen molar-refractivity contribution in [3.8, 4) is 5.75 Å². The lowest BCUT2D eigenvalue weighted by atomic mass is 10.0. The summed E-state index contributed by atoms with van der Waals surface area (Å²) in [5, 5.41) is 18.9. The number of anilines is 1. The number of nitrogens with zero attached hydrogens (tertiary/aromatic N) is 1. The normalized spacial score (nSPS) is 14.0. The first kappa shape index (κ1) is 22.7. The predicted octanol–water partition coefficient (Wildman–Crippen LogP) is 4.98. The molecule has 0 saturated carbocycles. The smallest absolute Gasteiger partial charge is 0.458 e. The Labute approximate surface area is 159 Å². The van der Waals surface area contributed by atoms with E-state index in [1.54, 1.807) is 0 Å². The molecule has 0 aliphatic rings. The van der Waals surface area contributed by atoms with Gasteiger partial charge in [0.2, 0.25) is 0 Å². The first-order valence-electron chi connectivity index (χ1n) is 8.04. The largest absolute Gasteiger partial charge is 0.508 e. The summed E-state index contributed by atoms with van der Waals surface area (Å²) in [6.07, 6.45) is -13.6. The third kappa shape index (κ3) is 5.49. The van der Waals surface area contributed by atoms with Crippen LogP contribution in [0.1, 0.15) is 11.1 Å². The molecule has 2 rings (SSSR count). The Morgan fingerprint density at radius 3 is 2.03 bits per heavy atom. The maximum atomic E-state index is 13.6. The van der Waals surface area contributed by atoms with E-state index in [1.807, 2.05) is 0 Å². The van der Waals surface area contributed by atoms with Gasteiger partial charge in [0, 0.05) is 23.9 Å². The quantitative estimate of drug-likeness (QED) is 0.637. The predicted molar refractivity (Wildman–Crippen MR) is 87.6 cm³/mol. The van der Waals surface area contributed by atoms with Crippen molar-refractivity contribution in [1.82, 2.24) is 0 Å².